The van der Waals surface area contributed by atoms with E-state index < -0.39 is 23.6 Å². The molecule has 0 radical (unpaired) electrons. The topological polar surface area (TPSA) is 52.3 Å². The van der Waals surface area contributed by atoms with Crippen molar-refractivity contribution in [3.63, 3.8) is 0 Å². The third-order valence-electron chi connectivity index (χ3n) is 2.42. The van der Waals surface area contributed by atoms with Gasteiger partial charge in [-0.3, -0.25) is 4.79 Å². The van der Waals surface area contributed by atoms with E-state index in [0.717, 1.165) is 12.1 Å². The zero-order valence-corrected chi connectivity index (χ0v) is 9.83. The molecule has 0 heterocycles. The number of alkyl halides is 3. The number of nitrogens with two attached hydrogens (primary N) is 1. The maximum atomic E-state index is 12.5. The molecule has 0 aliphatic rings. The molecule has 0 bridgehead atoms. The molecule has 0 amide bonds. The first-order valence-corrected chi connectivity index (χ1v) is 5.44. The number of esters is 1. The lowest BCUT2D eigenvalue weighted by atomic mass is 9.97. The number of carbonyl (C=O) groups excluding carboxylic acids is 1. The van der Waals surface area contributed by atoms with Crippen LogP contribution >= 0.6 is 0 Å². The maximum absolute atomic E-state index is 12.5. The van der Waals surface area contributed by atoms with Crippen LogP contribution in [0.15, 0.2) is 24.3 Å². The van der Waals surface area contributed by atoms with Gasteiger partial charge < -0.3 is 10.5 Å². The summed E-state index contributed by atoms with van der Waals surface area (Å²) in [6.45, 7) is 1.69. The Bertz CT molecular complexity index is 418. The highest BCUT2D eigenvalue weighted by molar-refractivity contribution is 5.78. The van der Waals surface area contributed by atoms with Gasteiger partial charge in [-0.25, -0.2) is 0 Å². The van der Waals surface area contributed by atoms with Gasteiger partial charge in [0.1, 0.15) is 0 Å². The summed E-state index contributed by atoms with van der Waals surface area (Å²) in [6, 6.07) is 4.56. The quantitative estimate of drug-likeness (QED) is 0.846. The Balaban J connectivity index is 3.04. The SMILES string of the molecule is CCOC(=O)C(CN)c1cccc(C(F)(F)F)c1. The Morgan fingerprint density at radius 2 is 2.11 bits per heavy atom. The van der Waals surface area contributed by atoms with Crippen molar-refractivity contribution in [1.29, 1.82) is 0 Å². The van der Waals surface area contributed by atoms with Crippen LogP contribution in [-0.4, -0.2) is 19.1 Å². The third kappa shape index (κ3) is 3.46. The monoisotopic (exact) mass is 261 g/mol. The summed E-state index contributed by atoms with van der Waals surface area (Å²) in [5, 5.41) is 0. The summed E-state index contributed by atoms with van der Waals surface area (Å²) in [7, 11) is 0. The lowest BCUT2D eigenvalue weighted by Gasteiger charge is -2.15. The van der Waals surface area contributed by atoms with Gasteiger partial charge in [0, 0.05) is 6.54 Å². The second kappa shape index (κ2) is 5.86. The molecule has 1 aromatic rings. The molecule has 1 unspecified atom stereocenters. The van der Waals surface area contributed by atoms with Gasteiger partial charge in [0.25, 0.3) is 0 Å². The summed E-state index contributed by atoms with van der Waals surface area (Å²) in [4.78, 5) is 11.6. The lowest BCUT2D eigenvalue weighted by molar-refractivity contribution is -0.145. The Labute approximate surface area is 103 Å². The predicted molar refractivity (Wildman–Crippen MR) is 59.9 cm³/mol. The molecule has 0 fully saturated rings. The van der Waals surface area contributed by atoms with E-state index in [1.807, 2.05) is 0 Å². The molecule has 100 valence electrons. The van der Waals surface area contributed by atoms with Gasteiger partial charge in [-0.1, -0.05) is 18.2 Å². The van der Waals surface area contributed by atoms with Crippen molar-refractivity contribution in [2.75, 3.05) is 13.2 Å². The summed E-state index contributed by atoms with van der Waals surface area (Å²) < 4.78 is 42.4. The van der Waals surface area contributed by atoms with Gasteiger partial charge in [0.2, 0.25) is 0 Å². The highest BCUT2D eigenvalue weighted by Gasteiger charge is 2.31. The van der Waals surface area contributed by atoms with E-state index in [4.69, 9.17) is 10.5 Å². The van der Waals surface area contributed by atoms with Crippen LogP contribution in [0.2, 0.25) is 0 Å². The minimum absolute atomic E-state index is 0.0971. The fraction of sp³-hybridized carbons (Fsp3) is 0.417. The Hall–Kier alpha value is -1.56. The van der Waals surface area contributed by atoms with Gasteiger partial charge in [0.05, 0.1) is 18.1 Å². The summed E-state index contributed by atoms with van der Waals surface area (Å²) in [6.07, 6.45) is -4.44. The van der Waals surface area contributed by atoms with E-state index >= 15 is 0 Å². The molecule has 1 rings (SSSR count). The third-order valence-corrected chi connectivity index (χ3v) is 2.42. The van der Waals surface area contributed by atoms with Crippen LogP contribution in [0.1, 0.15) is 24.0 Å². The summed E-state index contributed by atoms with van der Waals surface area (Å²) in [5.74, 6) is -1.48. The van der Waals surface area contributed by atoms with E-state index in [1.165, 1.54) is 12.1 Å². The predicted octanol–water partition coefficient (Wildman–Crippen LogP) is 2.31. The minimum Gasteiger partial charge on any atom is -0.465 e. The average molecular weight is 261 g/mol. The highest BCUT2D eigenvalue weighted by atomic mass is 19.4. The van der Waals surface area contributed by atoms with E-state index in [9.17, 15) is 18.0 Å². The molecule has 3 nitrogen and oxygen atoms in total. The highest BCUT2D eigenvalue weighted by Crippen LogP contribution is 2.31. The lowest BCUT2D eigenvalue weighted by Crippen LogP contribution is -2.24. The molecule has 1 aromatic carbocycles. The maximum Gasteiger partial charge on any atom is 0.416 e. The average Bonchev–Trinajstić information content (AvgIpc) is 2.29. The number of benzene rings is 1. The molecule has 0 spiro atoms. The van der Waals surface area contributed by atoms with Crippen LogP contribution in [0.5, 0.6) is 0 Å². The van der Waals surface area contributed by atoms with Crippen LogP contribution in [0.3, 0.4) is 0 Å². The zero-order valence-electron chi connectivity index (χ0n) is 9.83. The van der Waals surface area contributed by atoms with Gasteiger partial charge in [-0.2, -0.15) is 13.2 Å². The van der Waals surface area contributed by atoms with Crippen molar-refractivity contribution in [3.8, 4) is 0 Å². The number of halogens is 3. The van der Waals surface area contributed by atoms with E-state index in [0.29, 0.717) is 0 Å². The van der Waals surface area contributed by atoms with Crippen molar-refractivity contribution in [2.24, 2.45) is 5.73 Å². The molecule has 18 heavy (non-hydrogen) atoms. The standard InChI is InChI=1S/C12H14F3NO2/c1-2-18-11(17)10(7-16)8-4-3-5-9(6-8)12(13,14)15/h3-6,10H,2,7,16H2,1H3. The van der Waals surface area contributed by atoms with Gasteiger partial charge in [-0.05, 0) is 18.6 Å². The molecule has 0 aromatic heterocycles. The number of rotatable bonds is 4. The Morgan fingerprint density at radius 1 is 1.44 bits per heavy atom. The summed E-state index contributed by atoms with van der Waals surface area (Å²) in [5.41, 5.74) is 4.82. The van der Waals surface area contributed by atoms with Crippen LogP contribution in [0, 0.1) is 0 Å². The van der Waals surface area contributed by atoms with Crippen LogP contribution in [-0.2, 0) is 15.7 Å². The van der Waals surface area contributed by atoms with Crippen LogP contribution < -0.4 is 5.73 Å². The molecule has 1 atom stereocenters. The normalized spacial score (nSPS) is 13.2. The van der Waals surface area contributed by atoms with Crippen molar-refractivity contribution in [3.05, 3.63) is 35.4 Å². The van der Waals surface area contributed by atoms with E-state index in [2.05, 4.69) is 0 Å². The number of ether oxygens (including phenoxy) is 1. The number of carbonyl (C=O) groups is 1. The second-order valence-corrected chi connectivity index (χ2v) is 3.66. The molecular formula is C12H14F3NO2. The van der Waals surface area contributed by atoms with E-state index in [1.54, 1.807) is 6.92 Å². The number of hydrogen-bond donors (Lipinski definition) is 1. The van der Waals surface area contributed by atoms with E-state index in [-0.39, 0.29) is 18.7 Å². The van der Waals surface area contributed by atoms with Crippen LogP contribution in [0.4, 0.5) is 13.2 Å². The molecular weight excluding hydrogens is 247 g/mol. The Kier molecular flexibility index (Phi) is 4.72. The Morgan fingerprint density at radius 3 is 2.61 bits per heavy atom. The van der Waals surface area contributed by atoms with Crippen molar-refractivity contribution in [1.82, 2.24) is 0 Å². The smallest absolute Gasteiger partial charge is 0.416 e. The molecule has 0 aliphatic heterocycles. The fourth-order valence-electron chi connectivity index (χ4n) is 1.54. The van der Waals surface area contributed by atoms with Gasteiger partial charge >= 0.3 is 12.1 Å². The van der Waals surface area contributed by atoms with Crippen molar-refractivity contribution < 1.29 is 22.7 Å². The van der Waals surface area contributed by atoms with Gasteiger partial charge in [0.15, 0.2) is 0 Å². The molecule has 0 saturated carbocycles. The van der Waals surface area contributed by atoms with Gasteiger partial charge in [-0.15, -0.1) is 0 Å². The fourth-order valence-corrected chi connectivity index (χ4v) is 1.54. The second-order valence-electron chi connectivity index (χ2n) is 3.66. The minimum atomic E-state index is -4.44. The largest absolute Gasteiger partial charge is 0.465 e. The number of hydrogen-bond acceptors (Lipinski definition) is 3. The first-order chi connectivity index (χ1) is 8.40. The van der Waals surface area contributed by atoms with Crippen molar-refractivity contribution >= 4 is 5.97 Å². The summed E-state index contributed by atoms with van der Waals surface area (Å²) >= 11 is 0. The van der Waals surface area contributed by atoms with Crippen LogP contribution in [0.25, 0.3) is 0 Å². The van der Waals surface area contributed by atoms with Crippen molar-refractivity contribution in [2.45, 2.75) is 19.0 Å². The molecule has 0 saturated heterocycles. The molecule has 2 N–H and O–H groups in total. The first-order valence-electron chi connectivity index (χ1n) is 5.44. The first kappa shape index (κ1) is 14.5. The zero-order chi connectivity index (χ0) is 13.8. The molecule has 0 aliphatic carbocycles. The molecule has 6 heteroatoms.